The van der Waals surface area contributed by atoms with Crippen LogP contribution in [0.3, 0.4) is 0 Å². The minimum Gasteiger partial charge on any atom is -0.493 e. The van der Waals surface area contributed by atoms with E-state index in [4.69, 9.17) is 14.2 Å². The van der Waals surface area contributed by atoms with E-state index in [0.717, 1.165) is 5.56 Å². The Hall–Kier alpha value is -1.75. The predicted molar refractivity (Wildman–Crippen MR) is 77.3 cm³/mol. The SMILES string of the molecule is CCNC(C)(Cc1ccc(OC)c(OC)c1)C(=O)OC. The number of likely N-dealkylation sites (N-methyl/N-ethyl adjacent to an activating group) is 1. The molecule has 0 aliphatic heterocycles. The van der Waals surface area contributed by atoms with E-state index in [0.29, 0.717) is 24.5 Å². The fourth-order valence-electron chi connectivity index (χ4n) is 2.22. The molecule has 112 valence electrons. The number of hydrogen-bond acceptors (Lipinski definition) is 5. The summed E-state index contributed by atoms with van der Waals surface area (Å²) in [5.74, 6) is 1.03. The van der Waals surface area contributed by atoms with Crippen LogP contribution in [0.15, 0.2) is 18.2 Å². The van der Waals surface area contributed by atoms with Crippen LogP contribution < -0.4 is 14.8 Å². The van der Waals surface area contributed by atoms with Crippen LogP contribution in [0, 0.1) is 0 Å². The van der Waals surface area contributed by atoms with Gasteiger partial charge < -0.3 is 19.5 Å². The highest BCUT2D eigenvalue weighted by Gasteiger charge is 2.33. The average molecular weight is 281 g/mol. The zero-order chi connectivity index (χ0) is 15.2. The Balaban J connectivity index is 3.02. The maximum atomic E-state index is 12.0. The Morgan fingerprint density at radius 2 is 1.85 bits per heavy atom. The third kappa shape index (κ3) is 3.63. The zero-order valence-electron chi connectivity index (χ0n) is 12.8. The lowest BCUT2D eigenvalue weighted by Gasteiger charge is -2.27. The van der Waals surface area contributed by atoms with Crippen LogP contribution in [0.2, 0.25) is 0 Å². The summed E-state index contributed by atoms with van der Waals surface area (Å²) in [4.78, 5) is 12.0. The minimum absolute atomic E-state index is 0.283. The molecule has 0 bridgehead atoms. The van der Waals surface area contributed by atoms with Gasteiger partial charge in [0.1, 0.15) is 5.54 Å². The molecular formula is C15H23NO4. The smallest absolute Gasteiger partial charge is 0.326 e. The lowest BCUT2D eigenvalue weighted by Crippen LogP contribution is -2.51. The van der Waals surface area contributed by atoms with Gasteiger partial charge in [-0.15, -0.1) is 0 Å². The Kier molecular flexibility index (Phi) is 5.82. The van der Waals surface area contributed by atoms with Crippen LogP contribution >= 0.6 is 0 Å². The first-order chi connectivity index (χ1) is 9.50. The second kappa shape index (κ2) is 7.14. The van der Waals surface area contributed by atoms with E-state index >= 15 is 0 Å². The van der Waals surface area contributed by atoms with Gasteiger partial charge in [0.25, 0.3) is 0 Å². The minimum atomic E-state index is -0.761. The van der Waals surface area contributed by atoms with Gasteiger partial charge in [-0.25, -0.2) is 0 Å². The number of esters is 1. The van der Waals surface area contributed by atoms with Crippen molar-refractivity contribution in [3.8, 4) is 11.5 Å². The molecule has 5 nitrogen and oxygen atoms in total. The van der Waals surface area contributed by atoms with Crippen molar-refractivity contribution < 1.29 is 19.0 Å². The quantitative estimate of drug-likeness (QED) is 0.772. The highest BCUT2D eigenvalue weighted by molar-refractivity contribution is 5.80. The second-order valence-corrected chi connectivity index (χ2v) is 4.72. The van der Waals surface area contributed by atoms with Crippen LogP contribution in [0.1, 0.15) is 19.4 Å². The summed E-state index contributed by atoms with van der Waals surface area (Å²) >= 11 is 0. The molecule has 0 amide bonds. The molecule has 1 unspecified atom stereocenters. The summed E-state index contributed by atoms with van der Waals surface area (Å²) in [6, 6.07) is 5.62. The maximum absolute atomic E-state index is 12.0. The number of ether oxygens (including phenoxy) is 3. The fourth-order valence-corrected chi connectivity index (χ4v) is 2.22. The lowest BCUT2D eigenvalue weighted by atomic mass is 9.92. The van der Waals surface area contributed by atoms with Crippen molar-refractivity contribution in [2.24, 2.45) is 0 Å². The molecule has 0 saturated carbocycles. The van der Waals surface area contributed by atoms with Crippen LogP contribution in [0.4, 0.5) is 0 Å². The largest absolute Gasteiger partial charge is 0.493 e. The normalized spacial score (nSPS) is 13.4. The number of methoxy groups -OCH3 is 3. The molecule has 0 spiro atoms. The molecule has 0 aliphatic rings. The summed E-state index contributed by atoms with van der Waals surface area (Å²) < 4.78 is 15.4. The zero-order valence-corrected chi connectivity index (χ0v) is 12.8. The number of benzene rings is 1. The highest BCUT2D eigenvalue weighted by Crippen LogP contribution is 2.29. The summed E-state index contributed by atoms with van der Waals surface area (Å²) in [5.41, 5.74) is 0.208. The van der Waals surface area contributed by atoms with Gasteiger partial charge >= 0.3 is 5.97 Å². The molecule has 0 aliphatic carbocycles. The molecule has 0 aromatic heterocycles. The van der Waals surface area contributed by atoms with Crippen molar-refractivity contribution in [2.45, 2.75) is 25.8 Å². The molecular weight excluding hydrogens is 258 g/mol. The molecule has 1 aromatic rings. The van der Waals surface area contributed by atoms with E-state index in [-0.39, 0.29) is 5.97 Å². The van der Waals surface area contributed by atoms with Gasteiger partial charge in [-0.2, -0.15) is 0 Å². The Morgan fingerprint density at radius 3 is 2.35 bits per heavy atom. The summed E-state index contributed by atoms with van der Waals surface area (Å²) in [7, 11) is 4.58. The van der Waals surface area contributed by atoms with Crippen molar-refractivity contribution in [3.63, 3.8) is 0 Å². The Bertz CT molecular complexity index is 461. The molecule has 1 aromatic carbocycles. The standard InChI is InChI=1S/C15H23NO4/c1-6-16-15(2,14(17)20-5)10-11-7-8-12(18-3)13(9-11)19-4/h7-9,16H,6,10H2,1-5H3. The van der Waals surface area contributed by atoms with Gasteiger partial charge in [-0.1, -0.05) is 13.0 Å². The first kappa shape index (κ1) is 16.3. The third-order valence-electron chi connectivity index (χ3n) is 3.21. The predicted octanol–water partition coefficient (Wildman–Crippen LogP) is 1.79. The second-order valence-electron chi connectivity index (χ2n) is 4.72. The monoisotopic (exact) mass is 281 g/mol. The highest BCUT2D eigenvalue weighted by atomic mass is 16.5. The van der Waals surface area contributed by atoms with Gasteiger partial charge in [-0.05, 0) is 31.2 Å². The van der Waals surface area contributed by atoms with Gasteiger partial charge in [0.15, 0.2) is 11.5 Å². The van der Waals surface area contributed by atoms with E-state index in [1.165, 1.54) is 7.11 Å². The van der Waals surface area contributed by atoms with Crippen LogP contribution in [0.5, 0.6) is 11.5 Å². The van der Waals surface area contributed by atoms with Gasteiger partial charge in [0.2, 0.25) is 0 Å². The van der Waals surface area contributed by atoms with Gasteiger partial charge in [-0.3, -0.25) is 4.79 Å². The average Bonchev–Trinajstić information content (AvgIpc) is 2.46. The molecule has 20 heavy (non-hydrogen) atoms. The van der Waals surface area contributed by atoms with Crippen LogP contribution in [-0.2, 0) is 16.0 Å². The molecule has 5 heteroatoms. The Morgan fingerprint density at radius 1 is 1.20 bits per heavy atom. The maximum Gasteiger partial charge on any atom is 0.326 e. The van der Waals surface area contributed by atoms with Crippen molar-refractivity contribution in [1.82, 2.24) is 5.32 Å². The fraction of sp³-hybridized carbons (Fsp3) is 0.533. The molecule has 1 rings (SSSR count). The third-order valence-corrected chi connectivity index (χ3v) is 3.21. The summed E-state index contributed by atoms with van der Waals surface area (Å²) in [5, 5.41) is 3.18. The summed E-state index contributed by atoms with van der Waals surface area (Å²) in [6.07, 6.45) is 0.508. The number of hydrogen-bond donors (Lipinski definition) is 1. The number of carbonyl (C=O) groups is 1. The molecule has 0 saturated heterocycles. The first-order valence-corrected chi connectivity index (χ1v) is 6.55. The van der Waals surface area contributed by atoms with Crippen molar-refractivity contribution >= 4 is 5.97 Å². The van der Waals surface area contributed by atoms with Gasteiger partial charge in [0, 0.05) is 6.42 Å². The molecule has 0 fully saturated rings. The van der Waals surface area contributed by atoms with E-state index < -0.39 is 5.54 Å². The molecule has 1 N–H and O–H groups in total. The molecule has 0 heterocycles. The van der Waals surface area contributed by atoms with Crippen LogP contribution in [0.25, 0.3) is 0 Å². The van der Waals surface area contributed by atoms with E-state index in [2.05, 4.69) is 5.32 Å². The first-order valence-electron chi connectivity index (χ1n) is 6.55. The number of rotatable bonds is 7. The Labute approximate surface area is 120 Å². The molecule has 0 radical (unpaired) electrons. The topological polar surface area (TPSA) is 56.8 Å². The van der Waals surface area contributed by atoms with Gasteiger partial charge in [0.05, 0.1) is 21.3 Å². The number of nitrogens with one attached hydrogen (secondary N) is 1. The molecule has 1 atom stereocenters. The summed E-state index contributed by atoms with van der Waals surface area (Å²) in [6.45, 7) is 4.47. The van der Waals surface area contributed by atoms with Crippen molar-refractivity contribution in [2.75, 3.05) is 27.9 Å². The van der Waals surface area contributed by atoms with Crippen molar-refractivity contribution in [3.05, 3.63) is 23.8 Å². The number of carbonyl (C=O) groups excluding carboxylic acids is 1. The van der Waals surface area contributed by atoms with Crippen LogP contribution in [-0.4, -0.2) is 39.4 Å². The van der Waals surface area contributed by atoms with E-state index in [1.54, 1.807) is 14.2 Å². The lowest BCUT2D eigenvalue weighted by molar-refractivity contribution is -0.147. The van der Waals surface area contributed by atoms with E-state index in [1.807, 2.05) is 32.0 Å². The van der Waals surface area contributed by atoms with E-state index in [9.17, 15) is 4.79 Å². The van der Waals surface area contributed by atoms with Crippen molar-refractivity contribution in [1.29, 1.82) is 0 Å².